The lowest BCUT2D eigenvalue weighted by atomic mass is 9.97. The van der Waals surface area contributed by atoms with Crippen molar-refractivity contribution >= 4 is 46.9 Å². The molecule has 280 valence electrons. The number of hydrogen-bond acceptors (Lipinski definition) is 10. The number of nitrogens with one attached hydrogen (secondary N) is 1. The Bertz CT molecular complexity index is 2310. The third kappa shape index (κ3) is 8.60. The van der Waals surface area contributed by atoms with E-state index in [4.69, 9.17) is 15.1 Å². The first kappa shape index (κ1) is 37.5. The van der Waals surface area contributed by atoms with Gasteiger partial charge in [0.1, 0.15) is 0 Å². The van der Waals surface area contributed by atoms with Gasteiger partial charge in [0.05, 0.1) is 11.5 Å². The van der Waals surface area contributed by atoms with E-state index in [1.807, 2.05) is 32.6 Å². The number of nitrogens with zero attached hydrogens (tertiary/aromatic N) is 9. The monoisotopic (exact) mass is 762 g/mol. The molecule has 4 aromatic heterocycles. The Morgan fingerprint density at radius 2 is 1.13 bits per heavy atom. The minimum Gasteiger partial charge on any atom is -0.355 e. The van der Waals surface area contributed by atoms with Crippen LogP contribution in [0.3, 0.4) is 0 Å². The van der Waals surface area contributed by atoms with Gasteiger partial charge in [-0.3, -0.25) is 9.59 Å². The summed E-state index contributed by atoms with van der Waals surface area (Å²) in [5, 5.41) is 13.5. The Morgan fingerprint density at radius 3 is 1.61 bits per heavy atom. The van der Waals surface area contributed by atoms with Gasteiger partial charge in [-0.25, -0.2) is 19.0 Å². The zero-order valence-corrected chi connectivity index (χ0v) is 33.4. The predicted molar refractivity (Wildman–Crippen MR) is 212 cm³/mol. The van der Waals surface area contributed by atoms with Gasteiger partial charge in [0.25, 0.3) is 11.6 Å². The van der Waals surface area contributed by atoms with E-state index in [-0.39, 0.29) is 23.3 Å². The first-order valence-corrected chi connectivity index (χ1v) is 20.3. The molecule has 54 heavy (non-hydrogen) atoms. The topological polar surface area (TPSA) is 136 Å². The second-order valence-corrected chi connectivity index (χ2v) is 16.2. The van der Waals surface area contributed by atoms with Crippen LogP contribution >= 0.6 is 23.5 Å². The number of benzene rings is 2. The third-order valence-electron chi connectivity index (χ3n) is 10.3. The van der Waals surface area contributed by atoms with Crippen LogP contribution in [0.1, 0.15) is 69.0 Å². The highest BCUT2D eigenvalue weighted by Gasteiger charge is 2.24. The summed E-state index contributed by atoms with van der Waals surface area (Å²) in [5.41, 5.74) is 11.1. The highest BCUT2D eigenvalue weighted by Crippen LogP contribution is 2.24. The number of aryl methyl sites for hydroxylation is 6. The molecule has 0 bridgehead atoms. The standard InChI is InChI=1S/C40H46N10O2S2/c1-24-7-11-30(12-8-24)19-33-26(3)42-37-44-39(46-49(37)28(33)5)53-22-35(51)41-21-32-15-17-48(18-16-32)36(52)23-54-40-45-38-43-27(4)34(29(6)50(38)47-40)20-31-13-9-25(2)10-14-31/h7-14,32H,15-23H2,1-6H3,(H,41,51). The Morgan fingerprint density at radius 1 is 0.667 bits per heavy atom. The van der Waals surface area contributed by atoms with Gasteiger partial charge in [-0.15, -0.1) is 10.2 Å². The fourth-order valence-electron chi connectivity index (χ4n) is 6.88. The Hall–Kier alpha value is -4.82. The number of rotatable bonds is 12. The number of carbonyl (C=O) groups excluding carboxylic acids is 2. The molecule has 0 radical (unpaired) electrons. The second-order valence-electron chi connectivity index (χ2n) is 14.3. The number of hydrogen-bond donors (Lipinski definition) is 1. The third-order valence-corrected chi connectivity index (χ3v) is 11.9. The van der Waals surface area contributed by atoms with Crippen LogP contribution in [0, 0.1) is 47.5 Å². The van der Waals surface area contributed by atoms with Gasteiger partial charge in [-0.1, -0.05) is 83.2 Å². The van der Waals surface area contributed by atoms with Crippen LogP contribution < -0.4 is 5.32 Å². The molecular weight excluding hydrogens is 717 g/mol. The van der Waals surface area contributed by atoms with E-state index in [0.717, 1.165) is 59.6 Å². The molecule has 6 aromatic rings. The summed E-state index contributed by atoms with van der Waals surface area (Å²) in [6.45, 7) is 14.2. The molecule has 7 rings (SSSR count). The molecule has 1 fully saturated rings. The van der Waals surface area contributed by atoms with Crippen molar-refractivity contribution in [3.05, 3.63) is 105 Å². The van der Waals surface area contributed by atoms with E-state index in [0.29, 0.717) is 47.4 Å². The van der Waals surface area contributed by atoms with Crippen LogP contribution in [0.25, 0.3) is 11.6 Å². The molecule has 12 nitrogen and oxygen atoms in total. The van der Waals surface area contributed by atoms with E-state index in [1.54, 1.807) is 9.03 Å². The summed E-state index contributed by atoms with van der Waals surface area (Å²) < 4.78 is 3.57. The molecule has 0 atom stereocenters. The number of fused-ring (bicyclic) bond motifs is 2. The molecule has 1 aliphatic rings. The van der Waals surface area contributed by atoms with Crippen LogP contribution in [0.2, 0.25) is 0 Å². The average molecular weight is 763 g/mol. The van der Waals surface area contributed by atoms with Crippen molar-refractivity contribution in [3.8, 4) is 0 Å². The molecule has 14 heteroatoms. The molecule has 2 aromatic carbocycles. The molecular formula is C40H46N10O2S2. The average Bonchev–Trinajstić information content (AvgIpc) is 3.78. The van der Waals surface area contributed by atoms with Crippen molar-refractivity contribution in [3.63, 3.8) is 0 Å². The molecule has 0 spiro atoms. The minimum absolute atomic E-state index is 0.0585. The second kappa shape index (κ2) is 16.3. The molecule has 1 aliphatic heterocycles. The van der Waals surface area contributed by atoms with Gasteiger partial charge >= 0.3 is 0 Å². The molecule has 0 unspecified atom stereocenters. The van der Waals surface area contributed by atoms with Crippen molar-refractivity contribution < 1.29 is 9.59 Å². The summed E-state index contributed by atoms with van der Waals surface area (Å²) in [5.74, 6) is 1.91. The molecule has 5 heterocycles. The van der Waals surface area contributed by atoms with E-state index in [1.165, 1.54) is 45.8 Å². The smallest absolute Gasteiger partial charge is 0.253 e. The quantitative estimate of drug-likeness (QED) is 0.152. The number of aromatic nitrogens is 8. The fraction of sp³-hybridized carbons (Fsp3) is 0.400. The van der Waals surface area contributed by atoms with Gasteiger partial charge < -0.3 is 10.2 Å². The number of likely N-dealkylation sites (tertiary alicyclic amines) is 1. The number of amides is 2. The lowest BCUT2D eigenvalue weighted by molar-refractivity contribution is -0.130. The van der Waals surface area contributed by atoms with Crippen LogP contribution in [0.4, 0.5) is 0 Å². The SMILES string of the molecule is Cc1ccc(Cc2c(C)nc3nc(SCC(=O)NCC4CCN(C(=O)CSc5nc6nc(C)c(Cc7ccc(C)cc7)c(C)n6n5)CC4)nn3c2C)cc1. The van der Waals surface area contributed by atoms with Gasteiger partial charge in [0.2, 0.25) is 22.1 Å². The van der Waals surface area contributed by atoms with Crippen molar-refractivity contribution in [1.82, 2.24) is 49.4 Å². The maximum atomic E-state index is 13.1. The van der Waals surface area contributed by atoms with Gasteiger partial charge in [-0.05, 0) is 82.6 Å². The van der Waals surface area contributed by atoms with Gasteiger partial charge in [0, 0.05) is 55.3 Å². The summed E-state index contributed by atoms with van der Waals surface area (Å²) >= 11 is 2.66. The van der Waals surface area contributed by atoms with E-state index in [9.17, 15) is 9.59 Å². The largest absolute Gasteiger partial charge is 0.355 e. The number of piperidine rings is 1. The van der Waals surface area contributed by atoms with Crippen molar-refractivity contribution in [2.24, 2.45) is 5.92 Å². The summed E-state index contributed by atoms with van der Waals surface area (Å²) in [6.07, 6.45) is 3.22. The zero-order chi connectivity index (χ0) is 37.9. The van der Waals surface area contributed by atoms with Crippen molar-refractivity contribution in [2.45, 2.75) is 77.5 Å². The first-order valence-electron chi connectivity index (χ1n) is 18.4. The van der Waals surface area contributed by atoms with Crippen molar-refractivity contribution in [2.75, 3.05) is 31.1 Å². The zero-order valence-electron chi connectivity index (χ0n) is 31.7. The van der Waals surface area contributed by atoms with Gasteiger partial charge in [-0.2, -0.15) is 9.97 Å². The predicted octanol–water partition coefficient (Wildman–Crippen LogP) is 5.83. The molecule has 1 N–H and O–H groups in total. The van der Waals surface area contributed by atoms with Crippen LogP contribution in [0.15, 0.2) is 58.8 Å². The fourth-order valence-corrected chi connectivity index (χ4v) is 8.25. The molecule has 2 amide bonds. The molecule has 0 aliphatic carbocycles. The van der Waals surface area contributed by atoms with Crippen LogP contribution in [0.5, 0.6) is 0 Å². The Balaban J connectivity index is 0.851. The maximum absolute atomic E-state index is 13.1. The van der Waals surface area contributed by atoms with E-state index < -0.39 is 0 Å². The van der Waals surface area contributed by atoms with Crippen molar-refractivity contribution in [1.29, 1.82) is 0 Å². The van der Waals surface area contributed by atoms with E-state index in [2.05, 4.69) is 82.8 Å². The van der Waals surface area contributed by atoms with Gasteiger partial charge in [0.15, 0.2) is 0 Å². The number of thioether (sulfide) groups is 2. The maximum Gasteiger partial charge on any atom is 0.253 e. The van der Waals surface area contributed by atoms with Crippen LogP contribution in [-0.4, -0.2) is 87.0 Å². The number of carbonyl (C=O) groups is 2. The minimum atomic E-state index is -0.0585. The summed E-state index contributed by atoms with van der Waals surface area (Å²) in [6, 6.07) is 17.1. The highest BCUT2D eigenvalue weighted by molar-refractivity contribution is 8.00. The summed E-state index contributed by atoms with van der Waals surface area (Å²) in [7, 11) is 0. The lowest BCUT2D eigenvalue weighted by Crippen LogP contribution is -2.42. The van der Waals surface area contributed by atoms with E-state index >= 15 is 0 Å². The molecule has 0 saturated carbocycles. The van der Waals surface area contributed by atoms with Crippen LogP contribution in [-0.2, 0) is 22.4 Å². The normalized spacial score (nSPS) is 13.6. The first-order chi connectivity index (χ1) is 26.0. The Kier molecular flexibility index (Phi) is 11.3. The molecule has 1 saturated heterocycles. The highest BCUT2D eigenvalue weighted by atomic mass is 32.2. The lowest BCUT2D eigenvalue weighted by Gasteiger charge is -2.32. The summed E-state index contributed by atoms with van der Waals surface area (Å²) in [4.78, 5) is 46.5. The Labute approximate surface area is 324 Å².